The molecule has 1 aromatic heterocycles. The third kappa shape index (κ3) is 5.06. The summed E-state index contributed by atoms with van der Waals surface area (Å²) >= 11 is 6.78. The first-order valence-electron chi connectivity index (χ1n) is 9.33. The fourth-order valence-electron chi connectivity index (χ4n) is 3.32. The molecule has 9 heteroatoms. The van der Waals surface area contributed by atoms with Gasteiger partial charge in [0.2, 0.25) is 0 Å². The minimum atomic E-state index is -1.29. The van der Waals surface area contributed by atoms with Gasteiger partial charge in [-0.05, 0) is 58.0 Å². The number of fused-ring (bicyclic) bond motifs is 1. The molecule has 2 atom stereocenters. The van der Waals surface area contributed by atoms with E-state index in [0.29, 0.717) is 24.3 Å². The second kappa shape index (κ2) is 8.81. The highest BCUT2D eigenvalue weighted by Crippen LogP contribution is 2.35. The summed E-state index contributed by atoms with van der Waals surface area (Å²) < 4.78 is 34.6. The summed E-state index contributed by atoms with van der Waals surface area (Å²) in [5.74, 6) is -0.463. The molecule has 1 aromatic carbocycles. The number of anilines is 1. The van der Waals surface area contributed by atoms with Gasteiger partial charge in [-0.25, -0.2) is 18.6 Å². The fourth-order valence-corrected chi connectivity index (χ4v) is 3.83. The summed E-state index contributed by atoms with van der Waals surface area (Å²) in [6.07, 6.45) is -1.57. The Labute approximate surface area is 185 Å². The Morgan fingerprint density at radius 1 is 1.31 bits per heavy atom. The molecular weight excluding hydrogens is 512 g/mol. The lowest BCUT2D eigenvalue weighted by Gasteiger charge is -2.37. The Hall–Kier alpha value is -1.32. The predicted octanol–water partition coefficient (Wildman–Crippen LogP) is 5.60. The average Bonchev–Trinajstić information content (AvgIpc) is 2.63. The standard InChI is InChI=1S/C20H23Br2F2N3O2/c1-20(2,3)29-19(28)27(15-8-9-25-10-13(15)24)16-7-5-12(23)11-4-6-14(18(21)22)26-17(11)16/h4-7,13,15,18,25H,8-10H2,1-3H3. The molecule has 0 radical (unpaired) electrons. The van der Waals surface area contributed by atoms with Gasteiger partial charge in [-0.2, -0.15) is 0 Å². The zero-order valence-corrected chi connectivity index (χ0v) is 19.6. The van der Waals surface area contributed by atoms with E-state index in [1.807, 2.05) is 0 Å². The molecule has 1 saturated heterocycles. The quantitative estimate of drug-likeness (QED) is 0.520. The molecule has 2 unspecified atom stereocenters. The number of hydrogen-bond donors (Lipinski definition) is 1. The lowest BCUT2D eigenvalue weighted by molar-refractivity contribution is 0.0535. The van der Waals surface area contributed by atoms with Crippen LogP contribution in [0.1, 0.15) is 36.6 Å². The second-order valence-electron chi connectivity index (χ2n) is 7.93. The van der Waals surface area contributed by atoms with Crippen LogP contribution in [0.25, 0.3) is 10.9 Å². The minimum Gasteiger partial charge on any atom is -0.443 e. The Morgan fingerprint density at radius 2 is 2.03 bits per heavy atom. The zero-order valence-electron chi connectivity index (χ0n) is 16.4. The van der Waals surface area contributed by atoms with Crippen molar-refractivity contribution in [1.82, 2.24) is 10.3 Å². The van der Waals surface area contributed by atoms with E-state index in [2.05, 4.69) is 42.2 Å². The van der Waals surface area contributed by atoms with E-state index in [9.17, 15) is 13.6 Å². The Morgan fingerprint density at radius 3 is 2.66 bits per heavy atom. The third-order valence-corrected chi connectivity index (χ3v) is 5.52. The molecule has 3 rings (SSSR count). The van der Waals surface area contributed by atoms with Crippen LogP contribution in [0.4, 0.5) is 19.3 Å². The minimum absolute atomic E-state index is 0.132. The van der Waals surface area contributed by atoms with Crippen molar-refractivity contribution >= 4 is 54.5 Å². The van der Waals surface area contributed by atoms with Crippen LogP contribution in [0.5, 0.6) is 0 Å². The van der Waals surface area contributed by atoms with Crippen molar-refractivity contribution in [1.29, 1.82) is 0 Å². The molecule has 2 aromatic rings. The van der Waals surface area contributed by atoms with E-state index in [0.717, 1.165) is 0 Å². The van der Waals surface area contributed by atoms with E-state index >= 15 is 0 Å². The predicted molar refractivity (Wildman–Crippen MR) is 117 cm³/mol. The number of alkyl halides is 3. The van der Waals surface area contributed by atoms with Crippen molar-refractivity contribution in [3.63, 3.8) is 0 Å². The van der Waals surface area contributed by atoms with E-state index in [1.165, 1.54) is 17.0 Å². The SMILES string of the molecule is CC(C)(C)OC(=O)N(c1ccc(F)c2ccc(C(Br)Br)nc12)C1CCNCC1F. The van der Waals surface area contributed by atoms with Crippen molar-refractivity contribution in [2.24, 2.45) is 0 Å². The Bertz CT molecular complexity index is 905. The maximum atomic E-state index is 14.8. The van der Waals surface area contributed by atoms with Crippen LogP contribution in [0.15, 0.2) is 24.3 Å². The van der Waals surface area contributed by atoms with Crippen LogP contribution >= 0.6 is 31.9 Å². The van der Waals surface area contributed by atoms with Gasteiger partial charge in [0.05, 0.1) is 22.9 Å². The lowest BCUT2D eigenvalue weighted by atomic mass is 10.0. The number of rotatable bonds is 3. The number of aromatic nitrogens is 1. The summed E-state index contributed by atoms with van der Waals surface area (Å²) in [5.41, 5.74) is 0.450. The monoisotopic (exact) mass is 533 g/mol. The number of carbonyl (C=O) groups is 1. The Balaban J connectivity index is 2.18. The number of carbonyl (C=O) groups excluding carboxylic acids is 1. The third-order valence-electron chi connectivity index (χ3n) is 4.58. The Kier molecular flexibility index (Phi) is 6.80. The molecule has 29 heavy (non-hydrogen) atoms. The lowest BCUT2D eigenvalue weighted by Crippen LogP contribution is -2.54. The van der Waals surface area contributed by atoms with Gasteiger partial charge in [0.1, 0.15) is 21.3 Å². The van der Waals surface area contributed by atoms with Gasteiger partial charge >= 0.3 is 6.09 Å². The van der Waals surface area contributed by atoms with E-state index in [-0.39, 0.29) is 21.2 Å². The molecule has 158 valence electrons. The first kappa shape index (κ1) is 22.4. The number of benzene rings is 1. The molecule has 0 saturated carbocycles. The molecule has 0 bridgehead atoms. The largest absolute Gasteiger partial charge is 0.443 e. The fraction of sp³-hybridized carbons (Fsp3) is 0.500. The van der Waals surface area contributed by atoms with Gasteiger partial charge in [-0.1, -0.05) is 31.9 Å². The van der Waals surface area contributed by atoms with E-state index in [4.69, 9.17) is 4.74 Å². The van der Waals surface area contributed by atoms with Crippen molar-refractivity contribution < 1.29 is 18.3 Å². The number of nitrogens with zero attached hydrogens (tertiary/aromatic N) is 2. The molecule has 1 N–H and O–H groups in total. The van der Waals surface area contributed by atoms with Crippen LogP contribution in [-0.4, -0.2) is 42.0 Å². The van der Waals surface area contributed by atoms with Crippen LogP contribution in [0, 0.1) is 5.82 Å². The van der Waals surface area contributed by atoms with Crippen molar-refractivity contribution in [3.05, 3.63) is 35.8 Å². The zero-order chi connectivity index (χ0) is 21.3. The highest BCUT2D eigenvalue weighted by atomic mass is 79.9. The molecule has 0 spiro atoms. The van der Waals surface area contributed by atoms with Crippen molar-refractivity contribution in [2.75, 3.05) is 18.0 Å². The van der Waals surface area contributed by atoms with E-state index in [1.54, 1.807) is 32.9 Å². The number of halogens is 4. The number of piperidine rings is 1. The number of nitrogens with one attached hydrogen (secondary N) is 1. The summed E-state index contributed by atoms with van der Waals surface area (Å²) in [6.45, 7) is 5.94. The van der Waals surface area contributed by atoms with Crippen LogP contribution in [0.3, 0.4) is 0 Å². The molecule has 2 heterocycles. The van der Waals surface area contributed by atoms with Crippen molar-refractivity contribution in [3.8, 4) is 0 Å². The summed E-state index contributed by atoms with van der Waals surface area (Å²) in [5, 5.41) is 3.24. The second-order valence-corrected chi connectivity index (χ2v) is 11.0. The average molecular weight is 535 g/mol. The normalized spacial score (nSPS) is 20.1. The summed E-state index contributed by atoms with van der Waals surface area (Å²) in [7, 11) is 0. The van der Waals surface area contributed by atoms with E-state index < -0.39 is 29.7 Å². The van der Waals surface area contributed by atoms with Gasteiger partial charge in [-0.15, -0.1) is 0 Å². The van der Waals surface area contributed by atoms with Crippen LogP contribution < -0.4 is 10.2 Å². The highest BCUT2D eigenvalue weighted by Gasteiger charge is 2.37. The molecule has 0 aliphatic carbocycles. The van der Waals surface area contributed by atoms with Crippen LogP contribution in [-0.2, 0) is 4.74 Å². The number of hydrogen-bond acceptors (Lipinski definition) is 4. The van der Waals surface area contributed by atoms with Gasteiger partial charge in [0.25, 0.3) is 0 Å². The number of ether oxygens (including phenoxy) is 1. The van der Waals surface area contributed by atoms with Crippen LogP contribution in [0.2, 0.25) is 0 Å². The first-order valence-corrected chi connectivity index (χ1v) is 11.2. The maximum absolute atomic E-state index is 14.8. The summed E-state index contributed by atoms with van der Waals surface area (Å²) in [6, 6.07) is 5.28. The van der Waals surface area contributed by atoms with Gasteiger partial charge in [-0.3, -0.25) is 4.90 Å². The molecule has 1 aliphatic rings. The number of pyridine rings is 1. The smallest absolute Gasteiger partial charge is 0.415 e. The molecule has 1 aliphatic heterocycles. The number of amides is 1. The first-order chi connectivity index (χ1) is 13.6. The van der Waals surface area contributed by atoms with Crippen molar-refractivity contribution in [2.45, 2.75) is 48.7 Å². The topological polar surface area (TPSA) is 54.5 Å². The molecule has 5 nitrogen and oxygen atoms in total. The summed E-state index contributed by atoms with van der Waals surface area (Å²) in [4.78, 5) is 19.0. The van der Waals surface area contributed by atoms with Gasteiger partial charge in [0.15, 0.2) is 0 Å². The maximum Gasteiger partial charge on any atom is 0.415 e. The van der Waals surface area contributed by atoms with Gasteiger partial charge in [0, 0.05) is 11.9 Å². The highest BCUT2D eigenvalue weighted by molar-refractivity contribution is 9.24. The molecular formula is C20H23Br2F2N3O2. The molecule has 1 fully saturated rings. The molecule has 1 amide bonds. The van der Waals surface area contributed by atoms with Gasteiger partial charge < -0.3 is 10.1 Å².